The summed E-state index contributed by atoms with van der Waals surface area (Å²) in [6.07, 6.45) is 0. The average Bonchev–Trinajstić information content (AvgIpc) is 3.23. The maximum Gasteiger partial charge on any atom is 0.261 e. The van der Waals surface area contributed by atoms with Crippen LogP contribution < -0.4 is 20.1 Å². The summed E-state index contributed by atoms with van der Waals surface area (Å²) in [6, 6.07) is 15.8. The van der Waals surface area contributed by atoms with Gasteiger partial charge in [0.15, 0.2) is 10.7 Å². The summed E-state index contributed by atoms with van der Waals surface area (Å²) in [5.41, 5.74) is 2.90. The fraction of sp³-hybridized carbons (Fsp3) is 0.0870. The molecule has 0 radical (unpaired) electrons. The number of fused-ring (bicyclic) bond motifs is 1. The van der Waals surface area contributed by atoms with Crippen LogP contribution in [0.5, 0.6) is 11.5 Å². The van der Waals surface area contributed by atoms with Crippen LogP contribution in [-0.4, -0.2) is 30.2 Å². The molecule has 0 aliphatic carbocycles. The molecule has 0 aliphatic heterocycles. The van der Waals surface area contributed by atoms with E-state index in [1.165, 1.54) is 14.2 Å². The van der Waals surface area contributed by atoms with Crippen molar-refractivity contribution in [1.82, 2.24) is 10.3 Å². The zero-order valence-corrected chi connectivity index (χ0v) is 21.2. The Hall–Kier alpha value is -2.89. The molecule has 10 heteroatoms. The number of carbonyl (C=O) groups excluding carboxylic acids is 1. The molecule has 0 atom stereocenters. The van der Waals surface area contributed by atoms with Gasteiger partial charge in [0, 0.05) is 15.3 Å². The van der Waals surface area contributed by atoms with Crippen LogP contribution in [0.3, 0.4) is 0 Å². The zero-order chi connectivity index (χ0) is 23.5. The highest BCUT2D eigenvalue weighted by molar-refractivity contribution is 14.1. The van der Waals surface area contributed by atoms with Gasteiger partial charge in [0.05, 0.1) is 30.4 Å². The smallest absolute Gasteiger partial charge is 0.261 e. The number of oxazole rings is 1. The summed E-state index contributed by atoms with van der Waals surface area (Å²) in [5, 5.41) is 6.32. The lowest BCUT2D eigenvalue weighted by Crippen LogP contribution is -2.34. The maximum atomic E-state index is 12.7. The lowest BCUT2D eigenvalue weighted by Gasteiger charge is -2.12. The van der Waals surface area contributed by atoms with Gasteiger partial charge in [-0.1, -0.05) is 11.6 Å². The third-order valence-electron chi connectivity index (χ3n) is 4.68. The third-order valence-corrected chi connectivity index (χ3v) is 5.89. The molecule has 1 heterocycles. The highest BCUT2D eigenvalue weighted by Crippen LogP contribution is 2.32. The number of rotatable bonds is 5. The quantitative estimate of drug-likeness (QED) is 0.220. The molecule has 2 N–H and O–H groups in total. The second kappa shape index (κ2) is 9.94. The first-order valence-corrected chi connectivity index (χ1v) is 11.4. The summed E-state index contributed by atoms with van der Waals surface area (Å²) in [6.45, 7) is 0. The van der Waals surface area contributed by atoms with Crippen LogP contribution >= 0.6 is 46.4 Å². The van der Waals surface area contributed by atoms with Crippen molar-refractivity contribution >= 4 is 74.2 Å². The first kappa shape index (κ1) is 23.3. The number of anilines is 1. The van der Waals surface area contributed by atoms with Crippen molar-refractivity contribution in [3.05, 3.63) is 68.8 Å². The number of nitrogens with one attached hydrogen (secondary N) is 2. The van der Waals surface area contributed by atoms with Gasteiger partial charge in [-0.15, -0.1) is 0 Å². The van der Waals surface area contributed by atoms with Crippen molar-refractivity contribution in [1.29, 1.82) is 0 Å². The summed E-state index contributed by atoms with van der Waals surface area (Å²) in [5.74, 6) is 0.967. The number of nitrogens with zero attached hydrogens (tertiary/aromatic N) is 1. The molecule has 4 rings (SSSR count). The molecule has 3 aromatic carbocycles. The van der Waals surface area contributed by atoms with Crippen LogP contribution in [0.15, 0.2) is 59.0 Å². The molecule has 1 amide bonds. The molecule has 0 spiro atoms. The van der Waals surface area contributed by atoms with Gasteiger partial charge in [0.25, 0.3) is 5.91 Å². The van der Waals surface area contributed by atoms with Crippen LogP contribution in [-0.2, 0) is 0 Å². The van der Waals surface area contributed by atoms with Crippen molar-refractivity contribution in [3.63, 3.8) is 0 Å². The van der Waals surface area contributed by atoms with E-state index < -0.39 is 5.91 Å². The number of thiocarbonyl (C=S) groups is 1. The minimum atomic E-state index is -0.412. The van der Waals surface area contributed by atoms with Crippen molar-refractivity contribution in [2.75, 3.05) is 19.5 Å². The Labute approximate surface area is 213 Å². The van der Waals surface area contributed by atoms with Crippen LogP contribution in [0.4, 0.5) is 5.69 Å². The van der Waals surface area contributed by atoms with E-state index in [1.54, 1.807) is 42.5 Å². The van der Waals surface area contributed by atoms with Crippen molar-refractivity contribution in [2.45, 2.75) is 0 Å². The molecule has 0 aliphatic rings. The standard InChI is InChI=1S/C23H17ClIN3O4S/c1-30-14-5-6-15(20(11-14)31-2)21(29)28-23(33)26-13-4-8-19-18(10-13)27-22(32-19)16-9-12(25)3-7-17(16)24/h3-11H,1-2H3,(H2,26,28,29,33). The zero-order valence-electron chi connectivity index (χ0n) is 17.4. The summed E-state index contributed by atoms with van der Waals surface area (Å²) in [7, 11) is 3.02. The number of hydrogen-bond acceptors (Lipinski definition) is 6. The second-order valence-electron chi connectivity index (χ2n) is 6.80. The predicted molar refractivity (Wildman–Crippen MR) is 140 cm³/mol. The summed E-state index contributed by atoms with van der Waals surface area (Å²) < 4.78 is 17.3. The Bertz CT molecular complexity index is 1380. The first-order chi connectivity index (χ1) is 15.9. The number of halogens is 2. The minimum absolute atomic E-state index is 0.126. The summed E-state index contributed by atoms with van der Waals surface area (Å²) in [4.78, 5) is 17.2. The highest BCUT2D eigenvalue weighted by atomic mass is 127. The van der Waals surface area contributed by atoms with E-state index in [9.17, 15) is 4.79 Å². The van der Waals surface area contributed by atoms with E-state index in [-0.39, 0.29) is 5.11 Å². The number of ether oxygens (including phenoxy) is 2. The molecule has 1 aromatic heterocycles. The topological polar surface area (TPSA) is 85.6 Å². The van der Waals surface area contributed by atoms with Gasteiger partial charge in [-0.05, 0) is 83.3 Å². The van der Waals surface area contributed by atoms with Gasteiger partial charge in [0.1, 0.15) is 17.0 Å². The van der Waals surface area contributed by atoms with Crippen molar-refractivity contribution in [2.24, 2.45) is 0 Å². The molecule has 7 nitrogen and oxygen atoms in total. The van der Waals surface area contributed by atoms with Gasteiger partial charge < -0.3 is 19.2 Å². The third kappa shape index (κ3) is 5.21. The molecule has 33 heavy (non-hydrogen) atoms. The largest absolute Gasteiger partial charge is 0.497 e. The molecular weight excluding hydrogens is 577 g/mol. The molecule has 0 unspecified atom stereocenters. The first-order valence-electron chi connectivity index (χ1n) is 9.58. The lowest BCUT2D eigenvalue weighted by molar-refractivity contribution is 0.0974. The van der Waals surface area contributed by atoms with Crippen LogP contribution in [0.1, 0.15) is 10.4 Å². The minimum Gasteiger partial charge on any atom is -0.497 e. The number of hydrogen-bond donors (Lipinski definition) is 2. The molecule has 4 aromatic rings. The van der Waals surface area contributed by atoms with Gasteiger partial charge in [-0.2, -0.15) is 0 Å². The Balaban J connectivity index is 1.50. The fourth-order valence-corrected chi connectivity index (χ4v) is 4.00. The Morgan fingerprint density at radius 1 is 1.09 bits per heavy atom. The highest BCUT2D eigenvalue weighted by Gasteiger charge is 2.16. The van der Waals surface area contributed by atoms with Crippen LogP contribution in [0, 0.1) is 3.57 Å². The number of aromatic nitrogens is 1. The molecule has 0 fully saturated rings. The van der Waals surface area contributed by atoms with Gasteiger partial charge in [-0.25, -0.2) is 4.98 Å². The maximum absolute atomic E-state index is 12.7. The van der Waals surface area contributed by atoms with Gasteiger partial charge in [-0.3, -0.25) is 10.1 Å². The Morgan fingerprint density at radius 3 is 2.67 bits per heavy atom. The molecular formula is C23H17ClIN3O4S. The van der Waals surface area contributed by atoms with Crippen LogP contribution in [0.25, 0.3) is 22.6 Å². The Morgan fingerprint density at radius 2 is 1.91 bits per heavy atom. The normalized spacial score (nSPS) is 10.7. The molecule has 0 saturated carbocycles. The molecule has 0 bridgehead atoms. The second-order valence-corrected chi connectivity index (χ2v) is 8.86. The van der Waals surface area contributed by atoms with E-state index >= 15 is 0 Å². The number of benzene rings is 3. The van der Waals surface area contributed by atoms with E-state index in [2.05, 4.69) is 38.2 Å². The van der Waals surface area contributed by atoms with Crippen LogP contribution in [0.2, 0.25) is 5.02 Å². The van der Waals surface area contributed by atoms with E-state index in [0.717, 1.165) is 3.57 Å². The van der Waals surface area contributed by atoms with Crippen molar-refractivity contribution < 1.29 is 18.7 Å². The molecule has 0 saturated heterocycles. The number of carbonyl (C=O) groups is 1. The summed E-state index contributed by atoms with van der Waals surface area (Å²) >= 11 is 13.8. The predicted octanol–water partition coefficient (Wildman–Crippen LogP) is 5.90. The Kier molecular flexibility index (Phi) is 7.01. The van der Waals surface area contributed by atoms with Gasteiger partial charge >= 0.3 is 0 Å². The van der Waals surface area contributed by atoms with E-state index in [4.69, 9.17) is 37.7 Å². The lowest BCUT2D eigenvalue weighted by atomic mass is 10.2. The monoisotopic (exact) mass is 593 g/mol. The fourth-order valence-electron chi connectivity index (χ4n) is 3.10. The SMILES string of the molecule is COc1ccc(C(=O)NC(=S)Nc2ccc3oc(-c4cc(I)ccc4Cl)nc3c2)c(OC)c1. The van der Waals surface area contributed by atoms with Crippen molar-refractivity contribution in [3.8, 4) is 23.0 Å². The van der Waals surface area contributed by atoms with Gasteiger partial charge in [0.2, 0.25) is 5.89 Å². The van der Waals surface area contributed by atoms with E-state index in [1.807, 2.05) is 12.1 Å². The van der Waals surface area contributed by atoms with E-state index in [0.29, 0.717) is 50.3 Å². The number of amides is 1. The average molecular weight is 594 g/mol. The number of methoxy groups -OCH3 is 2. The molecule has 168 valence electrons.